The monoisotopic (exact) mass is 469 g/mol. The number of aliphatic hydroxyl groups is 3. The van der Waals surface area contributed by atoms with Gasteiger partial charge in [-0.15, -0.1) is 0 Å². The Labute approximate surface area is 186 Å². The lowest BCUT2D eigenvalue weighted by Gasteiger charge is -2.33. The number of nitrogens with two attached hydrogens (primary N) is 1. The van der Waals surface area contributed by atoms with Gasteiger partial charge in [0.1, 0.15) is 16.4 Å². The molecular weight excluding hydrogens is 447 g/mol. The number of hydrogen-bond acceptors (Lipinski definition) is 8. The number of nitrogens with zero attached hydrogens (tertiary/aromatic N) is 2. The number of fused-ring (bicyclic) bond motifs is 1. The van der Waals surface area contributed by atoms with E-state index in [0.717, 1.165) is 12.1 Å². The molecule has 0 saturated heterocycles. The van der Waals surface area contributed by atoms with Crippen LogP contribution in [0, 0.1) is 12.8 Å². The fraction of sp³-hybridized carbons (Fsp3) is 0.450. The number of anilines is 2. The van der Waals surface area contributed by atoms with E-state index in [0.29, 0.717) is 17.7 Å². The summed E-state index contributed by atoms with van der Waals surface area (Å²) in [4.78, 5) is 8.49. The fourth-order valence-electron chi connectivity index (χ4n) is 4.35. The van der Waals surface area contributed by atoms with E-state index in [1.807, 2.05) is 0 Å². The second-order valence-electron chi connectivity index (χ2n) is 8.17. The molecule has 0 spiro atoms. The minimum atomic E-state index is -4.46. The Hall–Kier alpha value is -2.54. The maximum atomic E-state index is 12.9. The van der Waals surface area contributed by atoms with Gasteiger partial charge in [-0.05, 0) is 37.5 Å². The van der Waals surface area contributed by atoms with E-state index in [4.69, 9.17) is 18.0 Å². The van der Waals surface area contributed by atoms with Crippen LogP contribution in [0.15, 0.2) is 24.3 Å². The highest BCUT2D eigenvalue weighted by Gasteiger charge is 2.78. The van der Waals surface area contributed by atoms with Crippen molar-refractivity contribution >= 4 is 29.0 Å². The number of hydrogen-bond donors (Lipinski definition) is 6. The standard InChI is InChI=1S/C20H22F3N5O3S/c1-9-13(15(24)32)16(28-18(30)6-5-12-14(29)19(12,18)31)27-17(26-9)25-8-10-3-2-4-11(7-10)20(21,22)23/h2-4,7,12,14,29-31H,5-6,8H2,1H3,(H2,24,32)(H2,25,26,27,28). The first-order valence-corrected chi connectivity index (χ1v) is 10.3. The second kappa shape index (κ2) is 7.51. The van der Waals surface area contributed by atoms with E-state index < -0.39 is 35.1 Å². The van der Waals surface area contributed by atoms with Gasteiger partial charge in [0.05, 0.1) is 22.9 Å². The van der Waals surface area contributed by atoms with Gasteiger partial charge in [0.25, 0.3) is 0 Å². The number of aromatic nitrogens is 2. The van der Waals surface area contributed by atoms with Crippen molar-refractivity contribution in [3.8, 4) is 0 Å². The molecule has 172 valence electrons. The average Bonchev–Trinajstić information content (AvgIpc) is 3.12. The van der Waals surface area contributed by atoms with Crippen molar-refractivity contribution in [2.24, 2.45) is 11.7 Å². The van der Waals surface area contributed by atoms with Gasteiger partial charge >= 0.3 is 6.18 Å². The quantitative estimate of drug-likeness (QED) is 0.276. The molecule has 0 radical (unpaired) electrons. The zero-order valence-electron chi connectivity index (χ0n) is 16.9. The molecule has 4 unspecified atom stereocenters. The summed E-state index contributed by atoms with van der Waals surface area (Å²) < 4.78 is 38.8. The predicted octanol–water partition coefficient (Wildman–Crippen LogP) is 1.67. The maximum Gasteiger partial charge on any atom is 0.416 e. The first-order valence-electron chi connectivity index (χ1n) is 9.86. The molecule has 32 heavy (non-hydrogen) atoms. The van der Waals surface area contributed by atoms with Crippen molar-refractivity contribution in [3.05, 3.63) is 46.6 Å². The number of aryl methyl sites for hydroxylation is 1. The number of rotatable bonds is 6. The summed E-state index contributed by atoms with van der Waals surface area (Å²) in [7, 11) is 0. The molecule has 4 atom stereocenters. The van der Waals surface area contributed by atoms with E-state index in [1.165, 1.54) is 12.1 Å². The zero-order valence-corrected chi connectivity index (χ0v) is 17.8. The van der Waals surface area contributed by atoms with E-state index in [2.05, 4.69) is 20.6 Å². The molecule has 1 aromatic carbocycles. The summed E-state index contributed by atoms with van der Waals surface area (Å²) in [6.07, 6.45) is -4.95. The van der Waals surface area contributed by atoms with Crippen molar-refractivity contribution in [1.82, 2.24) is 9.97 Å². The van der Waals surface area contributed by atoms with Crippen LogP contribution < -0.4 is 16.4 Å². The largest absolute Gasteiger partial charge is 0.416 e. The van der Waals surface area contributed by atoms with Gasteiger partial charge in [-0.2, -0.15) is 18.2 Å². The van der Waals surface area contributed by atoms with Crippen LogP contribution in [-0.2, 0) is 12.7 Å². The van der Waals surface area contributed by atoms with Gasteiger partial charge in [0.15, 0.2) is 5.72 Å². The number of halogens is 3. The molecular formula is C20H22F3N5O3S. The number of aliphatic hydroxyl groups excluding tert-OH is 1. The average molecular weight is 469 g/mol. The third-order valence-corrected chi connectivity index (χ3v) is 6.34. The molecule has 8 nitrogen and oxygen atoms in total. The predicted molar refractivity (Wildman–Crippen MR) is 114 cm³/mol. The molecule has 12 heteroatoms. The zero-order chi connectivity index (χ0) is 23.5. The Kier molecular flexibility index (Phi) is 5.31. The Morgan fingerprint density at radius 3 is 2.62 bits per heavy atom. The highest BCUT2D eigenvalue weighted by Crippen LogP contribution is 2.60. The topological polar surface area (TPSA) is 137 Å². The fourth-order valence-corrected chi connectivity index (χ4v) is 4.60. The van der Waals surface area contributed by atoms with Gasteiger partial charge in [0, 0.05) is 12.5 Å². The van der Waals surface area contributed by atoms with E-state index in [-0.39, 0.29) is 35.3 Å². The van der Waals surface area contributed by atoms with Crippen LogP contribution in [-0.4, -0.2) is 47.7 Å². The summed E-state index contributed by atoms with van der Waals surface area (Å²) >= 11 is 5.08. The number of nitrogens with one attached hydrogen (secondary N) is 2. The minimum absolute atomic E-state index is 0.00418. The lowest BCUT2D eigenvalue weighted by atomic mass is 10.0. The third-order valence-electron chi connectivity index (χ3n) is 6.13. The molecule has 2 aliphatic rings. The Bertz CT molecular complexity index is 1080. The summed E-state index contributed by atoms with van der Waals surface area (Å²) in [6.45, 7) is 1.61. The molecule has 0 bridgehead atoms. The van der Waals surface area contributed by atoms with E-state index in [9.17, 15) is 28.5 Å². The number of thiocarbonyl (C=S) groups is 1. The normalized spacial score (nSPS) is 28.8. The Balaban J connectivity index is 1.60. The van der Waals surface area contributed by atoms with Gasteiger partial charge in [0.2, 0.25) is 5.95 Å². The lowest BCUT2D eigenvalue weighted by Crippen LogP contribution is -2.52. The highest BCUT2D eigenvalue weighted by atomic mass is 32.1. The molecule has 4 rings (SSSR count). The molecule has 2 aliphatic carbocycles. The smallest absolute Gasteiger partial charge is 0.390 e. The van der Waals surface area contributed by atoms with Gasteiger partial charge in [-0.3, -0.25) is 0 Å². The third kappa shape index (κ3) is 3.66. The van der Waals surface area contributed by atoms with Crippen molar-refractivity contribution in [2.75, 3.05) is 10.6 Å². The van der Waals surface area contributed by atoms with Crippen LogP contribution in [0.5, 0.6) is 0 Å². The van der Waals surface area contributed by atoms with Crippen LogP contribution in [0.4, 0.5) is 24.9 Å². The molecule has 7 N–H and O–H groups in total. The first-order chi connectivity index (χ1) is 14.9. The number of benzene rings is 1. The summed E-state index contributed by atoms with van der Waals surface area (Å²) in [5.41, 5.74) is 2.44. The summed E-state index contributed by atoms with van der Waals surface area (Å²) in [5.74, 6) is -0.342. The van der Waals surface area contributed by atoms with Crippen LogP contribution in [0.3, 0.4) is 0 Å². The van der Waals surface area contributed by atoms with E-state index in [1.54, 1.807) is 6.92 Å². The van der Waals surface area contributed by atoms with Crippen molar-refractivity contribution in [3.63, 3.8) is 0 Å². The highest BCUT2D eigenvalue weighted by molar-refractivity contribution is 7.80. The van der Waals surface area contributed by atoms with Crippen LogP contribution in [0.25, 0.3) is 0 Å². The van der Waals surface area contributed by atoms with Crippen LogP contribution >= 0.6 is 12.2 Å². The second-order valence-corrected chi connectivity index (χ2v) is 8.61. The minimum Gasteiger partial charge on any atom is -0.390 e. The Morgan fingerprint density at radius 2 is 2.03 bits per heavy atom. The lowest BCUT2D eigenvalue weighted by molar-refractivity contribution is -0.137. The Morgan fingerprint density at radius 1 is 1.31 bits per heavy atom. The SMILES string of the molecule is Cc1nc(NCc2cccc(C(F)(F)F)c2)nc(NC2(O)CCC3C(O)C32O)c1C(N)=S. The first kappa shape index (κ1) is 22.6. The molecule has 0 amide bonds. The molecule has 1 heterocycles. The van der Waals surface area contributed by atoms with Crippen molar-refractivity contribution in [2.45, 2.75) is 49.9 Å². The molecule has 0 aliphatic heterocycles. The van der Waals surface area contributed by atoms with Crippen molar-refractivity contribution in [1.29, 1.82) is 0 Å². The number of alkyl halides is 3. The van der Waals surface area contributed by atoms with Gasteiger partial charge < -0.3 is 31.7 Å². The molecule has 2 saturated carbocycles. The molecule has 1 aromatic heterocycles. The molecule has 2 aromatic rings. The summed E-state index contributed by atoms with van der Waals surface area (Å²) in [5, 5.41) is 37.3. The van der Waals surface area contributed by atoms with Gasteiger partial charge in [-0.25, -0.2) is 4.98 Å². The van der Waals surface area contributed by atoms with Gasteiger partial charge in [-0.1, -0.05) is 24.4 Å². The van der Waals surface area contributed by atoms with Crippen molar-refractivity contribution < 1.29 is 28.5 Å². The van der Waals surface area contributed by atoms with Crippen LogP contribution in [0.1, 0.15) is 35.2 Å². The molecule has 2 fully saturated rings. The summed E-state index contributed by atoms with van der Waals surface area (Å²) in [6, 6.07) is 4.84. The maximum absolute atomic E-state index is 12.9. The van der Waals surface area contributed by atoms with Crippen LogP contribution in [0.2, 0.25) is 0 Å². The van der Waals surface area contributed by atoms with E-state index >= 15 is 0 Å².